The summed E-state index contributed by atoms with van der Waals surface area (Å²) < 4.78 is 0. The summed E-state index contributed by atoms with van der Waals surface area (Å²) in [5.74, 6) is 0.629. The first-order chi connectivity index (χ1) is 11.7. The molecule has 2 aromatic carbocycles. The average Bonchev–Trinajstić information content (AvgIpc) is 2.61. The highest BCUT2D eigenvalue weighted by molar-refractivity contribution is 7.98. The molecule has 0 saturated carbocycles. The minimum Gasteiger partial charge on any atom is -0.231 e. The number of thioether (sulfide) groups is 1. The summed E-state index contributed by atoms with van der Waals surface area (Å²) >= 11 is 13.9. The number of aromatic nitrogens is 2. The molecule has 0 spiro atoms. The summed E-state index contributed by atoms with van der Waals surface area (Å²) in [6, 6.07) is 17.5. The second kappa shape index (κ2) is 8.34. The van der Waals surface area contributed by atoms with Gasteiger partial charge in [0.1, 0.15) is 0 Å². The molecular weight excluding hydrogens is 359 g/mol. The van der Waals surface area contributed by atoms with Gasteiger partial charge in [0.2, 0.25) is 0 Å². The van der Waals surface area contributed by atoms with E-state index in [9.17, 15) is 0 Å². The van der Waals surface area contributed by atoms with Gasteiger partial charge in [-0.3, -0.25) is 0 Å². The summed E-state index contributed by atoms with van der Waals surface area (Å²) in [7, 11) is 0. The van der Waals surface area contributed by atoms with Crippen molar-refractivity contribution in [3.05, 3.63) is 87.7 Å². The summed E-state index contributed by atoms with van der Waals surface area (Å²) in [4.78, 5) is 8.84. The largest absolute Gasteiger partial charge is 0.231 e. The molecule has 0 amide bonds. The SMILES string of the molecule is Clc1cccc(Cl)c1CSc1nccc(C=Cc2ccccc2)n1. The van der Waals surface area contributed by atoms with Crippen molar-refractivity contribution in [3.63, 3.8) is 0 Å². The van der Waals surface area contributed by atoms with Crippen molar-refractivity contribution in [3.8, 4) is 0 Å². The van der Waals surface area contributed by atoms with Gasteiger partial charge < -0.3 is 0 Å². The van der Waals surface area contributed by atoms with Crippen LogP contribution in [-0.2, 0) is 5.75 Å². The van der Waals surface area contributed by atoms with E-state index in [0.29, 0.717) is 21.0 Å². The maximum Gasteiger partial charge on any atom is 0.188 e. The van der Waals surface area contributed by atoms with Gasteiger partial charge in [-0.05, 0) is 35.4 Å². The summed E-state index contributed by atoms with van der Waals surface area (Å²) in [5, 5.41) is 2.02. The quantitative estimate of drug-likeness (QED) is 0.391. The first-order valence-electron chi connectivity index (χ1n) is 7.34. The van der Waals surface area contributed by atoms with Crippen LogP contribution in [0.4, 0.5) is 0 Å². The average molecular weight is 373 g/mol. The molecule has 3 rings (SSSR count). The maximum atomic E-state index is 6.19. The predicted octanol–water partition coefficient (Wildman–Crippen LogP) is 6.25. The van der Waals surface area contributed by atoms with Crippen LogP contribution in [0.5, 0.6) is 0 Å². The van der Waals surface area contributed by atoms with Gasteiger partial charge in [0, 0.05) is 22.0 Å². The van der Waals surface area contributed by atoms with Gasteiger partial charge in [-0.15, -0.1) is 0 Å². The fraction of sp³-hybridized carbons (Fsp3) is 0.0526. The van der Waals surface area contributed by atoms with Gasteiger partial charge in [-0.2, -0.15) is 0 Å². The van der Waals surface area contributed by atoms with Crippen LogP contribution in [-0.4, -0.2) is 9.97 Å². The normalized spacial score (nSPS) is 11.1. The lowest BCUT2D eigenvalue weighted by atomic mass is 10.2. The van der Waals surface area contributed by atoms with Crippen molar-refractivity contribution in [2.45, 2.75) is 10.9 Å². The van der Waals surface area contributed by atoms with Gasteiger partial charge in [0.15, 0.2) is 5.16 Å². The lowest BCUT2D eigenvalue weighted by molar-refractivity contribution is 0.957. The molecule has 0 saturated heterocycles. The highest BCUT2D eigenvalue weighted by atomic mass is 35.5. The topological polar surface area (TPSA) is 25.8 Å². The zero-order chi connectivity index (χ0) is 16.8. The van der Waals surface area contributed by atoms with Crippen LogP contribution < -0.4 is 0 Å². The molecule has 120 valence electrons. The van der Waals surface area contributed by atoms with Gasteiger partial charge in [-0.25, -0.2) is 9.97 Å². The standard InChI is InChI=1S/C19H14Cl2N2S/c20-17-7-4-8-18(21)16(17)13-24-19-22-12-11-15(23-19)10-9-14-5-2-1-3-6-14/h1-12H,13H2. The van der Waals surface area contributed by atoms with E-state index in [1.54, 1.807) is 6.20 Å². The first kappa shape index (κ1) is 17.0. The van der Waals surface area contributed by atoms with Gasteiger partial charge >= 0.3 is 0 Å². The Hall–Kier alpha value is -1.81. The number of halogens is 2. The van der Waals surface area contributed by atoms with Crippen molar-refractivity contribution in [1.82, 2.24) is 9.97 Å². The molecule has 0 bridgehead atoms. The van der Waals surface area contributed by atoms with Crippen molar-refractivity contribution in [2.24, 2.45) is 0 Å². The van der Waals surface area contributed by atoms with E-state index in [4.69, 9.17) is 23.2 Å². The van der Waals surface area contributed by atoms with Gasteiger partial charge in [0.05, 0.1) is 5.69 Å². The molecule has 0 radical (unpaired) electrons. The third kappa shape index (κ3) is 4.60. The smallest absolute Gasteiger partial charge is 0.188 e. The predicted molar refractivity (Wildman–Crippen MR) is 103 cm³/mol. The van der Waals surface area contributed by atoms with Crippen LogP contribution in [0, 0.1) is 0 Å². The minimum atomic E-state index is 0.629. The van der Waals surface area contributed by atoms with E-state index in [0.717, 1.165) is 16.8 Å². The number of rotatable bonds is 5. The first-order valence-corrected chi connectivity index (χ1v) is 9.08. The number of nitrogens with zero attached hydrogens (tertiary/aromatic N) is 2. The fourth-order valence-electron chi connectivity index (χ4n) is 2.07. The van der Waals surface area contributed by atoms with Crippen LogP contribution in [0.25, 0.3) is 12.2 Å². The van der Waals surface area contributed by atoms with E-state index < -0.39 is 0 Å². The van der Waals surface area contributed by atoms with E-state index in [-0.39, 0.29) is 0 Å². The number of hydrogen-bond acceptors (Lipinski definition) is 3. The zero-order valence-electron chi connectivity index (χ0n) is 12.7. The Morgan fingerprint density at radius 2 is 1.62 bits per heavy atom. The van der Waals surface area contributed by atoms with Crippen molar-refractivity contribution >= 4 is 47.1 Å². The molecule has 0 atom stereocenters. The van der Waals surface area contributed by atoms with Crippen LogP contribution in [0.3, 0.4) is 0 Å². The van der Waals surface area contributed by atoms with Crippen molar-refractivity contribution < 1.29 is 0 Å². The van der Waals surface area contributed by atoms with E-state index in [1.807, 2.05) is 66.7 Å². The Balaban J connectivity index is 1.70. The van der Waals surface area contributed by atoms with Gasteiger partial charge in [0.25, 0.3) is 0 Å². The van der Waals surface area contributed by atoms with Crippen LogP contribution in [0.2, 0.25) is 10.0 Å². The molecule has 0 aliphatic rings. The van der Waals surface area contributed by atoms with E-state index in [1.165, 1.54) is 11.8 Å². The Kier molecular flexibility index (Phi) is 5.91. The molecule has 5 heteroatoms. The third-order valence-electron chi connectivity index (χ3n) is 3.31. The Labute approximate surface area is 155 Å². The zero-order valence-corrected chi connectivity index (χ0v) is 15.0. The van der Waals surface area contributed by atoms with Crippen molar-refractivity contribution in [2.75, 3.05) is 0 Å². The number of benzene rings is 2. The Morgan fingerprint density at radius 3 is 2.38 bits per heavy atom. The maximum absolute atomic E-state index is 6.19. The lowest BCUT2D eigenvalue weighted by Gasteiger charge is -2.06. The summed E-state index contributed by atoms with van der Waals surface area (Å²) in [5.41, 5.74) is 2.90. The molecule has 0 fully saturated rings. The molecule has 24 heavy (non-hydrogen) atoms. The highest BCUT2D eigenvalue weighted by Crippen LogP contribution is 2.30. The number of hydrogen-bond donors (Lipinski definition) is 0. The molecule has 2 nitrogen and oxygen atoms in total. The molecular formula is C19H14Cl2N2S. The van der Waals surface area contributed by atoms with Crippen LogP contribution >= 0.6 is 35.0 Å². The second-order valence-electron chi connectivity index (χ2n) is 5.00. The van der Waals surface area contributed by atoms with E-state index in [2.05, 4.69) is 9.97 Å². The monoisotopic (exact) mass is 372 g/mol. The van der Waals surface area contributed by atoms with Crippen LogP contribution in [0.15, 0.2) is 66.0 Å². The Morgan fingerprint density at radius 1 is 0.875 bits per heavy atom. The minimum absolute atomic E-state index is 0.629. The third-order valence-corrected chi connectivity index (χ3v) is 4.90. The Bertz CT molecular complexity index is 831. The molecule has 0 N–H and O–H groups in total. The fourth-order valence-corrected chi connectivity index (χ4v) is 3.65. The molecule has 0 unspecified atom stereocenters. The summed E-state index contributed by atoms with van der Waals surface area (Å²) in [6.07, 6.45) is 5.76. The molecule has 1 aromatic heterocycles. The van der Waals surface area contributed by atoms with Crippen molar-refractivity contribution in [1.29, 1.82) is 0 Å². The molecule has 0 aliphatic carbocycles. The van der Waals surface area contributed by atoms with Gasteiger partial charge in [-0.1, -0.05) is 77.4 Å². The second-order valence-corrected chi connectivity index (χ2v) is 6.75. The molecule has 3 aromatic rings. The van der Waals surface area contributed by atoms with E-state index >= 15 is 0 Å². The van der Waals surface area contributed by atoms with Crippen LogP contribution in [0.1, 0.15) is 16.8 Å². The highest BCUT2D eigenvalue weighted by Gasteiger charge is 2.07. The molecule has 1 heterocycles. The lowest BCUT2D eigenvalue weighted by Crippen LogP contribution is -1.91. The molecule has 0 aliphatic heterocycles. The summed E-state index contributed by atoms with van der Waals surface area (Å²) in [6.45, 7) is 0.